The van der Waals surface area contributed by atoms with E-state index >= 15 is 0 Å². The van der Waals surface area contributed by atoms with Crippen LogP contribution in [0.2, 0.25) is 5.02 Å². The highest BCUT2D eigenvalue weighted by Gasteiger charge is 2.22. The largest absolute Gasteiger partial charge is 0.497 e. The maximum Gasteiger partial charge on any atom is 0.323 e. The molecule has 0 heterocycles. The molecule has 21 heavy (non-hydrogen) atoms. The third kappa shape index (κ3) is 4.16. The Hall–Kier alpha value is -1.65. The molecule has 110 valence electrons. The molecule has 0 spiro atoms. The Morgan fingerprint density at radius 3 is 2.19 bits per heavy atom. The Morgan fingerprint density at radius 1 is 1.05 bits per heavy atom. The van der Waals surface area contributed by atoms with E-state index in [4.69, 9.17) is 21.1 Å². The minimum Gasteiger partial charge on any atom is -0.497 e. The van der Waals surface area contributed by atoms with Crippen molar-refractivity contribution in [2.24, 2.45) is 0 Å². The number of halogens is 1. The van der Waals surface area contributed by atoms with Gasteiger partial charge in [-0.05, 0) is 42.0 Å². The molecule has 0 aliphatic rings. The van der Waals surface area contributed by atoms with Crippen molar-refractivity contribution in [3.63, 3.8) is 0 Å². The van der Waals surface area contributed by atoms with Crippen LogP contribution >= 0.6 is 23.4 Å². The number of carbonyl (C=O) groups is 1. The summed E-state index contributed by atoms with van der Waals surface area (Å²) in [6.07, 6.45) is 0. The predicted molar refractivity (Wildman–Crippen MR) is 85.1 cm³/mol. The Kier molecular flexibility index (Phi) is 5.53. The third-order valence-electron chi connectivity index (χ3n) is 2.90. The molecule has 0 N–H and O–H groups in total. The molecular weight excluding hydrogens is 308 g/mol. The standard InChI is InChI=1S/C16H15ClO3S/c1-19-13-7-3-11(4-8-13)15(16(18)20-2)21-14-9-5-12(17)6-10-14/h3-10,15H,1-2H3. The van der Waals surface area contributed by atoms with Gasteiger partial charge in [0.1, 0.15) is 11.0 Å². The topological polar surface area (TPSA) is 35.5 Å². The van der Waals surface area contributed by atoms with E-state index in [1.54, 1.807) is 19.2 Å². The van der Waals surface area contributed by atoms with E-state index in [-0.39, 0.29) is 5.97 Å². The first-order chi connectivity index (χ1) is 10.1. The van der Waals surface area contributed by atoms with E-state index in [1.165, 1.54) is 18.9 Å². The number of rotatable bonds is 5. The molecule has 0 aliphatic heterocycles. The van der Waals surface area contributed by atoms with Gasteiger partial charge in [-0.3, -0.25) is 4.79 Å². The number of hydrogen-bond acceptors (Lipinski definition) is 4. The summed E-state index contributed by atoms with van der Waals surface area (Å²) in [6.45, 7) is 0. The van der Waals surface area contributed by atoms with Gasteiger partial charge in [0.25, 0.3) is 0 Å². The van der Waals surface area contributed by atoms with Gasteiger partial charge in [-0.2, -0.15) is 0 Å². The second-order valence-corrected chi connectivity index (χ2v) is 5.86. The van der Waals surface area contributed by atoms with Crippen LogP contribution in [0, 0.1) is 0 Å². The van der Waals surface area contributed by atoms with Crippen molar-refractivity contribution >= 4 is 29.3 Å². The summed E-state index contributed by atoms with van der Waals surface area (Å²) < 4.78 is 10.0. The summed E-state index contributed by atoms with van der Waals surface area (Å²) in [5, 5.41) is 0.237. The van der Waals surface area contributed by atoms with Gasteiger partial charge in [-0.15, -0.1) is 11.8 Å². The van der Waals surface area contributed by atoms with Crippen molar-refractivity contribution in [2.45, 2.75) is 10.1 Å². The molecule has 0 amide bonds. The molecule has 0 aliphatic carbocycles. The highest BCUT2D eigenvalue weighted by Crippen LogP contribution is 2.37. The first-order valence-corrected chi connectivity index (χ1v) is 7.54. The lowest BCUT2D eigenvalue weighted by Crippen LogP contribution is -2.11. The second-order valence-electron chi connectivity index (χ2n) is 4.25. The van der Waals surface area contributed by atoms with Crippen LogP contribution in [0.1, 0.15) is 10.8 Å². The summed E-state index contributed by atoms with van der Waals surface area (Å²) >= 11 is 7.30. The lowest BCUT2D eigenvalue weighted by molar-refractivity contribution is -0.140. The van der Waals surface area contributed by atoms with E-state index in [0.717, 1.165) is 16.2 Å². The highest BCUT2D eigenvalue weighted by molar-refractivity contribution is 8.00. The Morgan fingerprint density at radius 2 is 1.67 bits per heavy atom. The summed E-state index contributed by atoms with van der Waals surface area (Å²) in [6, 6.07) is 14.7. The van der Waals surface area contributed by atoms with Crippen molar-refractivity contribution in [1.82, 2.24) is 0 Å². The maximum atomic E-state index is 12.0. The molecule has 2 aromatic carbocycles. The van der Waals surface area contributed by atoms with Crippen molar-refractivity contribution in [3.8, 4) is 5.75 Å². The highest BCUT2D eigenvalue weighted by atomic mass is 35.5. The SMILES string of the molecule is COC(=O)C(Sc1ccc(Cl)cc1)c1ccc(OC)cc1. The Bertz CT molecular complexity index is 596. The fourth-order valence-corrected chi connectivity index (χ4v) is 2.96. The van der Waals surface area contributed by atoms with E-state index in [1.807, 2.05) is 36.4 Å². The van der Waals surface area contributed by atoms with Gasteiger partial charge in [-0.1, -0.05) is 23.7 Å². The quantitative estimate of drug-likeness (QED) is 0.605. The molecule has 1 unspecified atom stereocenters. The molecule has 2 rings (SSSR count). The first-order valence-electron chi connectivity index (χ1n) is 6.28. The van der Waals surface area contributed by atoms with Crippen LogP contribution in [0.3, 0.4) is 0 Å². The molecular formula is C16H15ClO3S. The van der Waals surface area contributed by atoms with Gasteiger partial charge < -0.3 is 9.47 Å². The van der Waals surface area contributed by atoms with Crippen LogP contribution < -0.4 is 4.74 Å². The van der Waals surface area contributed by atoms with Crippen molar-refractivity contribution in [1.29, 1.82) is 0 Å². The molecule has 1 atom stereocenters. The molecule has 2 aromatic rings. The average Bonchev–Trinajstić information content (AvgIpc) is 2.54. The number of ether oxygens (including phenoxy) is 2. The molecule has 3 nitrogen and oxygen atoms in total. The molecule has 0 fully saturated rings. The van der Waals surface area contributed by atoms with Crippen LogP contribution in [0.4, 0.5) is 0 Å². The van der Waals surface area contributed by atoms with Gasteiger partial charge >= 0.3 is 5.97 Å². The van der Waals surface area contributed by atoms with Gasteiger partial charge in [0, 0.05) is 9.92 Å². The lowest BCUT2D eigenvalue weighted by atomic mass is 10.1. The predicted octanol–water partition coefficient (Wildman–Crippen LogP) is 4.36. The maximum absolute atomic E-state index is 12.0. The van der Waals surface area contributed by atoms with Gasteiger partial charge in [0.05, 0.1) is 14.2 Å². The van der Waals surface area contributed by atoms with Gasteiger partial charge in [-0.25, -0.2) is 0 Å². The second kappa shape index (κ2) is 7.38. The number of carbonyl (C=O) groups excluding carboxylic acids is 1. The smallest absolute Gasteiger partial charge is 0.323 e. The van der Waals surface area contributed by atoms with Gasteiger partial charge in [0.2, 0.25) is 0 Å². The van der Waals surface area contributed by atoms with Crippen molar-refractivity contribution in [3.05, 3.63) is 59.1 Å². The minimum atomic E-state index is -0.429. The minimum absolute atomic E-state index is 0.292. The van der Waals surface area contributed by atoms with E-state index in [0.29, 0.717) is 5.02 Å². The number of thioether (sulfide) groups is 1. The Balaban J connectivity index is 2.25. The van der Waals surface area contributed by atoms with Crippen LogP contribution in [-0.4, -0.2) is 20.2 Å². The molecule has 0 saturated carbocycles. The first kappa shape index (κ1) is 15.7. The third-order valence-corrected chi connectivity index (χ3v) is 4.40. The van der Waals surface area contributed by atoms with E-state index in [9.17, 15) is 4.79 Å². The molecule has 5 heteroatoms. The Labute approximate surface area is 133 Å². The summed E-state index contributed by atoms with van der Waals surface area (Å²) in [5.74, 6) is 0.457. The fourth-order valence-electron chi connectivity index (χ4n) is 1.79. The molecule has 0 aromatic heterocycles. The summed E-state index contributed by atoms with van der Waals surface area (Å²) in [5.41, 5.74) is 0.864. The van der Waals surface area contributed by atoms with Crippen molar-refractivity contribution < 1.29 is 14.3 Å². The lowest BCUT2D eigenvalue weighted by Gasteiger charge is -2.15. The molecule has 0 bridgehead atoms. The zero-order valence-corrected chi connectivity index (χ0v) is 13.3. The van der Waals surface area contributed by atoms with E-state index in [2.05, 4.69) is 0 Å². The van der Waals surface area contributed by atoms with Crippen molar-refractivity contribution in [2.75, 3.05) is 14.2 Å². The fraction of sp³-hybridized carbons (Fsp3) is 0.188. The van der Waals surface area contributed by atoms with Crippen LogP contribution in [-0.2, 0) is 9.53 Å². The zero-order chi connectivity index (χ0) is 15.2. The van der Waals surface area contributed by atoms with Gasteiger partial charge in [0.15, 0.2) is 0 Å². The molecule has 0 saturated heterocycles. The van der Waals surface area contributed by atoms with Crippen LogP contribution in [0.15, 0.2) is 53.4 Å². The summed E-state index contributed by atoms with van der Waals surface area (Å²) in [7, 11) is 3.00. The number of methoxy groups -OCH3 is 2. The number of esters is 1. The summed E-state index contributed by atoms with van der Waals surface area (Å²) in [4.78, 5) is 13.0. The number of hydrogen-bond donors (Lipinski definition) is 0. The van der Waals surface area contributed by atoms with E-state index < -0.39 is 5.25 Å². The van der Waals surface area contributed by atoms with Crippen LogP contribution in [0.5, 0.6) is 5.75 Å². The average molecular weight is 323 g/mol. The monoisotopic (exact) mass is 322 g/mol. The van der Waals surface area contributed by atoms with Crippen LogP contribution in [0.25, 0.3) is 0 Å². The molecule has 0 radical (unpaired) electrons. The normalized spacial score (nSPS) is 11.8. The number of benzene rings is 2. The zero-order valence-electron chi connectivity index (χ0n) is 11.7.